The van der Waals surface area contributed by atoms with Crippen molar-refractivity contribution in [2.24, 2.45) is 0 Å². The fraction of sp³-hybridized carbons (Fsp3) is 0.400. The molecule has 0 saturated carbocycles. The molecule has 3 aromatic rings. The lowest BCUT2D eigenvalue weighted by molar-refractivity contribution is -0.109. The van der Waals surface area contributed by atoms with Gasteiger partial charge in [0.1, 0.15) is 5.76 Å². The van der Waals surface area contributed by atoms with Crippen LogP contribution < -0.4 is 5.32 Å². The van der Waals surface area contributed by atoms with Gasteiger partial charge in [-0.2, -0.15) is 5.10 Å². The summed E-state index contributed by atoms with van der Waals surface area (Å²) in [5, 5.41) is 7.27. The van der Waals surface area contributed by atoms with Crippen molar-refractivity contribution < 1.29 is 14.0 Å². The number of halogens is 1. The Hall–Kier alpha value is -2.87. The lowest BCUT2D eigenvalue weighted by Gasteiger charge is -2.13. The molecule has 174 valence electrons. The number of rotatable bonds is 5. The number of aryl methyl sites for hydroxylation is 3. The fourth-order valence-electron chi connectivity index (χ4n) is 4.39. The minimum absolute atomic E-state index is 0.0425. The minimum atomic E-state index is 0.0425. The average Bonchev–Trinajstić information content (AvgIpc) is 3.57. The molecule has 33 heavy (non-hydrogen) atoms. The van der Waals surface area contributed by atoms with Gasteiger partial charge in [0, 0.05) is 54.4 Å². The van der Waals surface area contributed by atoms with E-state index in [0.717, 1.165) is 77.9 Å². The summed E-state index contributed by atoms with van der Waals surface area (Å²) >= 11 is 3.37. The van der Waals surface area contributed by atoms with Crippen molar-refractivity contribution in [1.29, 1.82) is 0 Å². The molecule has 2 aromatic heterocycles. The summed E-state index contributed by atoms with van der Waals surface area (Å²) in [6.07, 6.45) is 6.79. The monoisotopic (exact) mass is 512 g/mol. The summed E-state index contributed by atoms with van der Waals surface area (Å²) in [6.45, 7) is 7.21. The lowest BCUT2D eigenvalue weighted by Crippen LogP contribution is -2.27. The topological polar surface area (TPSA) is 80.4 Å². The van der Waals surface area contributed by atoms with Crippen LogP contribution in [0, 0.1) is 6.92 Å². The lowest BCUT2D eigenvalue weighted by atomic mass is 9.93. The first kappa shape index (κ1) is 23.3. The molecule has 1 aliphatic heterocycles. The molecule has 1 saturated heterocycles. The van der Waals surface area contributed by atoms with Crippen molar-refractivity contribution in [3.05, 3.63) is 63.1 Å². The Kier molecular flexibility index (Phi) is 7.33. The Morgan fingerprint density at radius 3 is 2.70 bits per heavy atom. The first-order valence-corrected chi connectivity index (χ1v) is 12.2. The second kappa shape index (κ2) is 10.4. The Bertz CT molecular complexity index is 1140. The van der Waals surface area contributed by atoms with E-state index in [4.69, 9.17) is 4.42 Å². The highest BCUT2D eigenvalue weighted by Crippen LogP contribution is 2.38. The number of carbonyl (C=O) groups excluding carboxylic acids is 2. The Morgan fingerprint density at radius 2 is 2.00 bits per heavy atom. The molecular weight excluding hydrogens is 484 g/mol. The molecule has 2 aliphatic rings. The van der Waals surface area contributed by atoms with Crippen LogP contribution in [0.3, 0.4) is 0 Å². The molecule has 8 heteroatoms. The predicted molar refractivity (Wildman–Crippen MR) is 130 cm³/mol. The maximum Gasteiger partial charge on any atom is 0.289 e. The number of hydrogen-bond acceptors (Lipinski definition) is 4. The van der Waals surface area contributed by atoms with Gasteiger partial charge >= 0.3 is 0 Å². The van der Waals surface area contributed by atoms with E-state index in [0.29, 0.717) is 18.7 Å². The van der Waals surface area contributed by atoms with Crippen LogP contribution in [0.1, 0.15) is 52.8 Å². The summed E-state index contributed by atoms with van der Waals surface area (Å²) in [4.78, 5) is 24.5. The Labute approximate surface area is 202 Å². The van der Waals surface area contributed by atoms with E-state index in [9.17, 15) is 9.59 Å². The molecule has 0 unspecified atom stereocenters. The van der Waals surface area contributed by atoms with Gasteiger partial charge in [0.05, 0.1) is 5.69 Å². The van der Waals surface area contributed by atoms with Crippen LogP contribution >= 0.6 is 15.9 Å². The van der Waals surface area contributed by atoms with Crippen molar-refractivity contribution in [3.63, 3.8) is 0 Å². The molecule has 7 nitrogen and oxygen atoms in total. The molecular formula is C25H29BrN4O3. The van der Waals surface area contributed by atoms with Crippen molar-refractivity contribution >= 4 is 28.2 Å². The Balaban J connectivity index is 0.000000200. The summed E-state index contributed by atoms with van der Waals surface area (Å²) in [5.41, 5.74) is 5.35. The smallest absolute Gasteiger partial charge is 0.289 e. The number of fused-ring (bicyclic) bond motifs is 3. The van der Waals surface area contributed by atoms with E-state index in [1.54, 1.807) is 0 Å². The van der Waals surface area contributed by atoms with Gasteiger partial charge < -0.3 is 14.6 Å². The van der Waals surface area contributed by atoms with E-state index in [-0.39, 0.29) is 5.91 Å². The number of nitrogens with zero attached hydrogens (tertiary/aromatic N) is 3. The third kappa shape index (κ3) is 4.90. The maximum atomic E-state index is 12.7. The molecule has 0 bridgehead atoms. The normalized spacial score (nSPS) is 14.2. The predicted octanol–water partition coefficient (Wildman–Crippen LogP) is 4.50. The van der Waals surface area contributed by atoms with Crippen molar-refractivity contribution in [2.45, 2.75) is 52.6 Å². The highest BCUT2D eigenvalue weighted by molar-refractivity contribution is 9.10. The minimum Gasteiger partial charge on any atom is -0.455 e. The average molecular weight is 513 g/mol. The number of nitrogens with one attached hydrogen (secondary N) is 1. The number of carbonyl (C=O) groups is 2. The first-order valence-electron chi connectivity index (χ1n) is 11.4. The molecule has 2 amide bonds. The largest absolute Gasteiger partial charge is 0.455 e. The van der Waals surface area contributed by atoms with Gasteiger partial charge in [-0.15, -0.1) is 0 Å². The number of furan rings is 1. The zero-order chi connectivity index (χ0) is 23.4. The molecule has 0 spiro atoms. The highest BCUT2D eigenvalue weighted by atomic mass is 79.9. The summed E-state index contributed by atoms with van der Waals surface area (Å²) in [7, 11) is 0. The molecule has 1 aromatic carbocycles. The van der Waals surface area contributed by atoms with Crippen molar-refractivity contribution in [2.75, 3.05) is 13.1 Å². The Morgan fingerprint density at radius 1 is 1.24 bits per heavy atom. The molecule has 5 rings (SSSR count). The molecule has 0 atom stereocenters. The third-order valence-electron chi connectivity index (χ3n) is 6.16. The summed E-state index contributed by atoms with van der Waals surface area (Å²) in [5.74, 6) is 1.49. The molecule has 1 N–H and O–H groups in total. The van der Waals surface area contributed by atoms with E-state index in [1.807, 2.05) is 40.8 Å². The number of amides is 2. The van der Waals surface area contributed by atoms with E-state index < -0.39 is 0 Å². The van der Waals surface area contributed by atoms with Gasteiger partial charge in [0.15, 0.2) is 5.76 Å². The zero-order valence-electron chi connectivity index (χ0n) is 19.1. The van der Waals surface area contributed by atoms with Crippen LogP contribution in [0.15, 0.2) is 39.4 Å². The maximum absolute atomic E-state index is 12.7. The number of aromatic nitrogens is 2. The first-order chi connectivity index (χ1) is 16.0. The van der Waals surface area contributed by atoms with Gasteiger partial charge in [-0.25, -0.2) is 0 Å². The number of likely N-dealkylation sites (tertiary alicyclic amines) is 1. The second-order valence-electron chi connectivity index (χ2n) is 8.30. The van der Waals surface area contributed by atoms with Crippen molar-refractivity contribution in [1.82, 2.24) is 20.0 Å². The highest BCUT2D eigenvalue weighted by Gasteiger charge is 2.32. The van der Waals surface area contributed by atoms with Crippen LogP contribution in [-0.4, -0.2) is 40.1 Å². The SMILES string of the molecule is CCn1cc2c(n1)-c1c(oc(C(=O)N3CCCC3)c1C)CC2.O=CNCc1ccccc1Br. The summed E-state index contributed by atoms with van der Waals surface area (Å²) in [6, 6.07) is 7.78. The van der Waals surface area contributed by atoms with E-state index in [1.165, 1.54) is 5.56 Å². The van der Waals surface area contributed by atoms with Gasteiger partial charge in [-0.1, -0.05) is 34.1 Å². The number of benzene rings is 1. The van der Waals surface area contributed by atoms with E-state index in [2.05, 4.69) is 39.5 Å². The summed E-state index contributed by atoms with van der Waals surface area (Å²) < 4.78 is 8.96. The fourth-order valence-corrected chi connectivity index (χ4v) is 4.81. The van der Waals surface area contributed by atoms with Crippen LogP contribution in [0.4, 0.5) is 0 Å². The quantitative estimate of drug-likeness (QED) is 0.510. The van der Waals surface area contributed by atoms with Gasteiger partial charge in [0.25, 0.3) is 5.91 Å². The van der Waals surface area contributed by atoms with Gasteiger partial charge in [-0.3, -0.25) is 14.3 Å². The molecule has 0 radical (unpaired) electrons. The molecule has 1 aliphatic carbocycles. The third-order valence-corrected chi connectivity index (χ3v) is 6.93. The van der Waals surface area contributed by atoms with Crippen LogP contribution in [0.5, 0.6) is 0 Å². The molecule has 1 fully saturated rings. The second-order valence-corrected chi connectivity index (χ2v) is 9.16. The van der Waals surface area contributed by atoms with E-state index >= 15 is 0 Å². The van der Waals surface area contributed by atoms with Gasteiger partial charge in [-0.05, 0) is 50.3 Å². The standard InChI is InChI=1S/C17H21N3O2.C8H8BrNO/c1-3-20-10-12-6-7-13-14(15(12)18-20)11(2)16(22-13)17(21)19-8-4-5-9-19;9-8-4-2-1-3-7(8)5-10-6-11/h10H,3-9H2,1-2H3;1-4,6H,5H2,(H,10,11). The van der Waals surface area contributed by atoms with Crippen LogP contribution in [0.25, 0.3) is 11.3 Å². The van der Waals surface area contributed by atoms with Crippen LogP contribution in [-0.2, 0) is 30.7 Å². The van der Waals surface area contributed by atoms with Crippen LogP contribution in [0.2, 0.25) is 0 Å². The zero-order valence-corrected chi connectivity index (χ0v) is 20.7. The molecule has 3 heterocycles. The van der Waals surface area contributed by atoms with Crippen molar-refractivity contribution in [3.8, 4) is 11.3 Å². The number of hydrogen-bond donors (Lipinski definition) is 1. The van der Waals surface area contributed by atoms with Gasteiger partial charge in [0.2, 0.25) is 6.41 Å².